The van der Waals surface area contributed by atoms with Crippen LogP contribution in [0.1, 0.15) is 5.69 Å². The summed E-state index contributed by atoms with van der Waals surface area (Å²) in [5, 5.41) is 3.78. The highest BCUT2D eigenvalue weighted by molar-refractivity contribution is 7.98. The number of hydrogen-bond acceptors (Lipinski definition) is 4. The van der Waals surface area contributed by atoms with Gasteiger partial charge in [0.25, 0.3) is 0 Å². The van der Waals surface area contributed by atoms with Gasteiger partial charge in [0.15, 0.2) is 5.69 Å². The fourth-order valence-electron chi connectivity index (χ4n) is 2.61. The summed E-state index contributed by atoms with van der Waals surface area (Å²) in [6.45, 7) is 0.572. The second-order valence-electron chi connectivity index (χ2n) is 5.89. The Labute approximate surface area is 165 Å². The van der Waals surface area contributed by atoms with Gasteiger partial charge in [0.1, 0.15) is 11.5 Å². The van der Waals surface area contributed by atoms with E-state index in [1.54, 1.807) is 60.3 Å². The highest BCUT2D eigenvalue weighted by atomic mass is 32.2. The highest BCUT2D eigenvalue weighted by Crippen LogP contribution is 2.34. The molecular formula is C20H19F3N2O2S. The maximum absolute atomic E-state index is 13.3. The number of hydrogen-bond donors (Lipinski definition) is 0. The summed E-state index contributed by atoms with van der Waals surface area (Å²) in [5.41, 5.74) is 0.509. The van der Waals surface area contributed by atoms with Gasteiger partial charge >= 0.3 is 6.18 Å². The zero-order valence-electron chi connectivity index (χ0n) is 15.4. The van der Waals surface area contributed by atoms with E-state index in [0.717, 1.165) is 11.8 Å². The molecule has 0 atom stereocenters. The van der Waals surface area contributed by atoms with E-state index in [4.69, 9.17) is 9.47 Å². The second kappa shape index (κ2) is 8.60. The van der Waals surface area contributed by atoms with Crippen molar-refractivity contribution in [3.05, 3.63) is 60.3 Å². The minimum atomic E-state index is -4.53. The molecular weight excluding hydrogens is 389 g/mol. The van der Waals surface area contributed by atoms with Gasteiger partial charge in [0.05, 0.1) is 25.1 Å². The number of benzene rings is 2. The topological polar surface area (TPSA) is 36.3 Å². The van der Waals surface area contributed by atoms with E-state index in [0.29, 0.717) is 35.1 Å². The van der Waals surface area contributed by atoms with E-state index in [1.165, 1.54) is 11.8 Å². The maximum atomic E-state index is 13.3. The van der Waals surface area contributed by atoms with Crippen LogP contribution in [0.25, 0.3) is 16.9 Å². The molecule has 0 unspecified atom stereocenters. The first kappa shape index (κ1) is 20.1. The molecule has 0 aliphatic rings. The number of nitrogens with zero attached hydrogens (tertiary/aromatic N) is 2. The number of thioether (sulfide) groups is 1. The molecule has 0 aliphatic carbocycles. The lowest BCUT2D eigenvalue weighted by molar-refractivity contribution is -0.141. The minimum absolute atomic E-state index is 0.341. The Hall–Kier alpha value is -2.61. The second-order valence-corrected chi connectivity index (χ2v) is 6.87. The van der Waals surface area contributed by atoms with Crippen molar-refractivity contribution in [3.63, 3.8) is 0 Å². The van der Waals surface area contributed by atoms with E-state index in [-0.39, 0.29) is 0 Å². The molecule has 0 N–H and O–H groups in total. The first-order chi connectivity index (χ1) is 13.4. The van der Waals surface area contributed by atoms with Gasteiger partial charge in [-0.3, -0.25) is 0 Å². The number of halogens is 3. The van der Waals surface area contributed by atoms with Crippen LogP contribution in [0.4, 0.5) is 13.2 Å². The van der Waals surface area contributed by atoms with Crippen molar-refractivity contribution < 1.29 is 22.6 Å². The fourth-order valence-corrected chi connectivity index (χ4v) is 2.86. The van der Waals surface area contributed by atoms with Gasteiger partial charge in [-0.15, -0.1) is 0 Å². The molecule has 3 rings (SSSR count). The van der Waals surface area contributed by atoms with Gasteiger partial charge in [0.2, 0.25) is 0 Å². The van der Waals surface area contributed by atoms with Crippen LogP contribution in [0.5, 0.6) is 11.5 Å². The number of aromatic nitrogens is 2. The predicted octanol–water partition coefficient (Wildman–Crippen LogP) is 5.31. The molecule has 3 aromatic rings. The van der Waals surface area contributed by atoms with E-state index in [2.05, 4.69) is 5.10 Å². The van der Waals surface area contributed by atoms with Crippen LogP contribution < -0.4 is 9.47 Å². The average molecular weight is 408 g/mol. The normalized spacial score (nSPS) is 11.5. The van der Waals surface area contributed by atoms with Gasteiger partial charge < -0.3 is 9.47 Å². The molecule has 0 saturated carbocycles. The molecule has 0 radical (unpaired) electrons. The third-order valence-corrected chi connectivity index (χ3v) is 4.60. The maximum Gasteiger partial charge on any atom is 0.435 e. The standard InChI is InChI=1S/C20H19F3N2O2S/c1-26-16-9-5-15(6-10-16)25-18(13-19(24-25)20(21,22)23)14-3-7-17(8-4-14)27-11-12-28-2/h3-10,13H,11-12H2,1-2H3. The fraction of sp³-hybridized carbons (Fsp3) is 0.250. The highest BCUT2D eigenvalue weighted by Gasteiger charge is 2.35. The molecule has 148 valence electrons. The average Bonchev–Trinajstić information content (AvgIpc) is 3.15. The first-order valence-corrected chi connectivity index (χ1v) is 9.85. The number of ether oxygens (including phenoxy) is 2. The lowest BCUT2D eigenvalue weighted by atomic mass is 10.1. The van der Waals surface area contributed by atoms with Crippen molar-refractivity contribution in [2.75, 3.05) is 25.7 Å². The minimum Gasteiger partial charge on any atom is -0.497 e. The molecule has 1 heterocycles. The van der Waals surface area contributed by atoms with Crippen LogP contribution in [0.2, 0.25) is 0 Å². The van der Waals surface area contributed by atoms with Crippen molar-refractivity contribution in [2.24, 2.45) is 0 Å². The predicted molar refractivity (Wildman–Crippen MR) is 104 cm³/mol. The van der Waals surface area contributed by atoms with Crippen LogP contribution in [0.3, 0.4) is 0 Å². The van der Waals surface area contributed by atoms with Crippen LogP contribution in [-0.4, -0.2) is 35.5 Å². The molecule has 0 spiro atoms. The van der Waals surface area contributed by atoms with Crippen molar-refractivity contribution in [3.8, 4) is 28.4 Å². The van der Waals surface area contributed by atoms with E-state index in [9.17, 15) is 13.2 Å². The number of rotatable bonds is 7. The van der Waals surface area contributed by atoms with Gasteiger partial charge in [-0.05, 0) is 60.9 Å². The van der Waals surface area contributed by atoms with Crippen molar-refractivity contribution in [2.45, 2.75) is 6.18 Å². The Kier molecular flexibility index (Phi) is 6.18. The molecule has 0 fully saturated rings. The van der Waals surface area contributed by atoms with Crippen LogP contribution >= 0.6 is 11.8 Å². The Morgan fingerprint density at radius 1 is 1.00 bits per heavy atom. The van der Waals surface area contributed by atoms with Gasteiger partial charge in [-0.2, -0.15) is 30.0 Å². The summed E-state index contributed by atoms with van der Waals surface area (Å²) in [6, 6.07) is 14.7. The monoisotopic (exact) mass is 408 g/mol. The van der Waals surface area contributed by atoms with Crippen molar-refractivity contribution in [1.29, 1.82) is 0 Å². The molecule has 0 aliphatic heterocycles. The smallest absolute Gasteiger partial charge is 0.435 e. The summed E-state index contributed by atoms with van der Waals surface area (Å²) < 4.78 is 51.7. The molecule has 8 heteroatoms. The zero-order valence-corrected chi connectivity index (χ0v) is 16.2. The lowest BCUT2D eigenvalue weighted by Crippen LogP contribution is -2.07. The number of alkyl halides is 3. The Morgan fingerprint density at radius 3 is 2.21 bits per heavy atom. The summed E-state index contributed by atoms with van der Waals surface area (Å²) in [4.78, 5) is 0. The van der Waals surface area contributed by atoms with E-state index >= 15 is 0 Å². The Balaban J connectivity index is 1.97. The van der Waals surface area contributed by atoms with E-state index < -0.39 is 11.9 Å². The van der Waals surface area contributed by atoms with Crippen LogP contribution in [-0.2, 0) is 6.18 Å². The summed E-state index contributed by atoms with van der Waals surface area (Å²) in [7, 11) is 1.53. The Bertz CT molecular complexity index is 907. The summed E-state index contributed by atoms with van der Waals surface area (Å²) in [5.74, 6) is 2.14. The molecule has 0 amide bonds. The third kappa shape index (κ3) is 4.62. The molecule has 28 heavy (non-hydrogen) atoms. The van der Waals surface area contributed by atoms with Crippen LogP contribution in [0, 0.1) is 0 Å². The van der Waals surface area contributed by atoms with Crippen molar-refractivity contribution in [1.82, 2.24) is 9.78 Å². The van der Waals surface area contributed by atoms with Gasteiger partial charge in [0, 0.05) is 11.3 Å². The van der Waals surface area contributed by atoms with E-state index in [1.807, 2.05) is 6.26 Å². The quantitative estimate of drug-likeness (QED) is 0.497. The molecule has 4 nitrogen and oxygen atoms in total. The Morgan fingerprint density at radius 2 is 1.64 bits per heavy atom. The lowest BCUT2D eigenvalue weighted by Gasteiger charge is -2.10. The van der Waals surface area contributed by atoms with Gasteiger partial charge in [-0.25, -0.2) is 4.68 Å². The number of methoxy groups -OCH3 is 1. The molecule has 0 saturated heterocycles. The van der Waals surface area contributed by atoms with Gasteiger partial charge in [-0.1, -0.05) is 0 Å². The largest absolute Gasteiger partial charge is 0.497 e. The third-order valence-electron chi connectivity index (χ3n) is 4.02. The molecule has 1 aromatic heterocycles. The summed E-state index contributed by atoms with van der Waals surface area (Å²) >= 11 is 1.68. The zero-order chi connectivity index (χ0) is 20.1. The van der Waals surface area contributed by atoms with Crippen molar-refractivity contribution >= 4 is 11.8 Å². The summed E-state index contributed by atoms with van der Waals surface area (Å²) in [6.07, 6.45) is -2.54. The van der Waals surface area contributed by atoms with Crippen LogP contribution in [0.15, 0.2) is 54.6 Å². The molecule has 2 aromatic carbocycles. The first-order valence-electron chi connectivity index (χ1n) is 8.46. The SMILES string of the molecule is COc1ccc(-n2nc(C(F)(F)F)cc2-c2ccc(OCCSC)cc2)cc1. The molecule has 0 bridgehead atoms.